The summed E-state index contributed by atoms with van der Waals surface area (Å²) in [7, 11) is 0. The van der Waals surface area contributed by atoms with Crippen molar-refractivity contribution in [2.24, 2.45) is 5.73 Å². The Balaban J connectivity index is 2.73. The molecule has 1 amide bonds. The number of phenols is 1. The van der Waals surface area contributed by atoms with Gasteiger partial charge in [-0.25, -0.2) is 0 Å². The fraction of sp³-hybridized carbons (Fsp3) is 0.364. The molecule has 4 N–H and O–H groups in total. The van der Waals surface area contributed by atoms with E-state index in [9.17, 15) is 9.90 Å². The van der Waals surface area contributed by atoms with Crippen LogP contribution in [0.25, 0.3) is 0 Å². The standard InChI is InChI=1S/C11H15BrN2O2/c1-11(2,13)6-10(16)14-8-5-7(12)3-4-9(8)15/h3-5,15H,6,13H2,1-2H3,(H,14,16). The van der Waals surface area contributed by atoms with Crippen LogP contribution in [0.1, 0.15) is 20.3 Å². The summed E-state index contributed by atoms with van der Waals surface area (Å²) >= 11 is 3.26. The average molecular weight is 287 g/mol. The van der Waals surface area contributed by atoms with Crippen molar-refractivity contribution in [1.29, 1.82) is 0 Å². The van der Waals surface area contributed by atoms with Crippen molar-refractivity contribution >= 4 is 27.5 Å². The third-order valence-electron chi connectivity index (χ3n) is 1.85. The summed E-state index contributed by atoms with van der Waals surface area (Å²) in [4.78, 5) is 11.6. The van der Waals surface area contributed by atoms with E-state index in [1.54, 1.807) is 26.0 Å². The number of hydrogen-bond acceptors (Lipinski definition) is 3. The fourth-order valence-electron chi connectivity index (χ4n) is 1.22. The maximum Gasteiger partial charge on any atom is 0.226 e. The predicted octanol–water partition coefficient (Wildman–Crippen LogP) is 2.22. The Morgan fingerprint density at radius 2 is 2.19 bits per heavy atom. The van der Waals surface area contributed by atoms with Gasteiger partial charge in [0.25, 0.3) is 0 Å². The normalized spacial score (nSPS) is 11.2. The van der Waals surface area contributed by atoms with Crippen LogP contribution in [0.5, 0.6) is 5.75 Å². The Morgan fingerprint density at radius 1 is 1.56 bits per heavy atom. The third-order valence-corrected chi connectivity index (χ3v) is 2.34. The van der Waals surface area contributed by atoms with Crippen molar-refractivity contribution in [3.63, 3.8) is 0 Å². The monoisotopic (exact) mass is 286 g/mol. The summed E-state index contributed by atoms with van der Waals surface area (Å²) in [6.07, 6.45) is 0.193. The van der Waals surface area contributed by atoms with Crippen LogP contribution < -0.4 is 11.1 Å². The molecular weight excluding hydrogens is 272 g/mol. The second kappa shape index (κ2) is 4.84. The molecule has 88 valence electrons. The number of carbonyl (C=O) groups excluding carboxylic acids is 1. The SMILES string of the molecule is CC(C)(N)CC(=O)Nc1cc(Br)ccc1O. The molecule has 0 aromatic heterocycles. The molecule has 0 bridgehead atoms. The lowest BCUT2D eigenvalue weighted by atomic mass is 10.0. The summed E-state index contributed by atoms with van der Waals surface area (Å²) < 4.78 is 0.785. The van der Waals surface area contributed by atoms with E-state index in [4.69, 9.17) is 5.73 Å². The fourth-order valence-corrected chi connectivity index (χ4v) is 1.58. The van der Waals surface area contributed by atoms with Gasteiger partial charge in [0.15, 0.2) is 0 Å². The van der Waals surface area contributed by atoms with Crippen LogP contribution >= 0.6 is 15.9 Å². The second-order valence-electron chi connectivity index (χ2n) is 4.38. The molecule has 0 aliphatic rings. The molecule has 5 heteroatoms. The number of nitrogens with one attached hydrogen (secondary N) is 1. The van der Waals surface area contributed by atoms with Gasteiger partial charge >= 0.3 is 0 Å². The molecule has 0 spiro atoms. The zero-order valence-corrected chi connectivity index (χ0v) is 10.8. The zero-order valence-electron chi connectivity index (χ0n) is 9.25. The lowest BCUT2D eigenvalue weighted by molar-refractivity contribution is -0.117. The number of halogens is 1. The number of hydrogen-bond donors (Lipinski definition) is 3. The van der Waals surface area contributed by atoms with E-state index in [2.05, 4.69) is 21.2 Å². The van der Waals surface area contributed by atoms with Crippen LogP contribution in [0.4, 0.5) is 5.69 Å². The lowest BCUT2D eigenvalue weighted by Crippen LogP contribution is -2.36. The highest BCUT2D eigenvalue weighted by atomic mass is 79.9. The van der Waals surface area contributed by atoms with Gasteiger partial charge in [-0.05, 0) is 32.0 Å². The minimum absolute atomic E-state index is 0.0337. The predicted molar refractivity (Wildman–Crippen MR) is 67.3 cm³/mol. The highest BCUT2D eigenvalue weighted by molar-refractivity contribution is 9.10. The molecule has 0 unspecified atom stereocenters. The van der Waals surface area contributed by atoms with Gasteiger partial charge < -0.3 is 16.2 Å². The Hall–Kier alpha value is -1.07. The van der Waals surface area contributed by atoms with Crippen molar-refractivity contribution < 1.29 is 9.90 Å². The molecule has 0 fully saturated rings. The minimum Gasteiger partial charge on any atom is -0.506 e. The number of aromatic hydroxyl groups is 1. The maximum atomic E-state index is 11.6. The Morgan fingerprint density at radius 3 is 2.75 bits per heavy atom. The molecule has 0 aliphatic heterocycles. The van der Waals surface area contributed by atoms with E-state index >= 15 is 0 Å². The van der Waals surface area contributed by atoms with Gasteiger partial charge in [0.05, 0.1) is 5.69 Å². The number of nitrogens with two attached hydrogens (primary N) is 1. The first-order chi connectivity index (χ1) is 7.28. The Kier molecular flexibility index (Phi) is 3.93. The number of rotatable bonds is 3. The first kappa shape index (κ1) is 13.0. The highest BCUT2D eigenvalue weighted by Crippen LogP contribution is 2.27. The number of phenolic OH excluding ortho intramolecular Hbond substituents is 1. The molecule has 4 nitrogen and oxygen atoms in total. The Labute approximate surface area is 103 Å². The van der Waals surface area contributed by atoms with Gasteiger partial charge in [-0.1, -0.05) is 15.9 Å². The van der Waals surface area contributed by atoms with Gasteiger partial charge in [0.2, 0.25) is 5.91 Å². The molecule has 0 aliphatic carbocycles. The minimum atomic E-state index is -0.564. The number of amides is 1. The van der Waals surface area contributed by atoms with E-state index < -0.39 is 5.54 Å². The topological polar surface area (TPSA) is 75.4 Å². The smallest absolute Gasteiger partial charge is 0.226 e. The maximum absolute atomic E-state index is 11.6. The average Bonchev–Trinajstić information content (AvgIpc) is 2.08. The summed E-state index contributed by atoms with van der Waals surface area (Å²) in [6.45, 7) is 3.54. The van der Waals surface area contributed by atoms with E-state index in [0.29, 0.717) is 5.69 Å². The summed E-state index contributed by atoms with van der Waals surface area (Å²) in [6, 6.07) is 4.84. The largest absolute Gasteiger partial charge is 0.506 e. The molecule has 0 saturated heterocycles. The summed E-state index contributed by atoms with van der Waals surface area (Å²) in [5, 5.41) is 12.1. The van der Waals surface area contributed by atoms with Crippen molar-refractivity contribution in [2.75, 3.05) is 5.32 Å². The van der Waals surface area contributed by atoms with Crippen LogP contribution in [-0.4, -0.2) is 16.6 Å². The van der Waals surface area contributed by atoms with Crippen molar-refractivity contribution in [3.05, 3.63) is 22.7 Å². The van der Waals surface area contributed by atoms with E-state index in [1.165, 1.54) is 6.07 Å². The van der Waals surface area contributed by atoms with Crippen molar-refractivity contribution in [2.45, 2.75) is 25.8 Å². The molecule has 0 radical (unpaired) electrons. The first-order valence-corrected chi connectivity index (χ1v) is 5.64. The number of anilines is 1. The van der Waals surface area contributed by atoms with E-state index in [1.807, 2.05) is 0 Å². The van der Waals surface area contributed by atoms with Crippen molar-refractivity contribution in [3.8, 4) is 5.75 Å². The van der Waals surface area contributed by atoms with Crippen LogP contribution in [-0.2, 0) is 4.79 Å². The van der Waals surface area contributed by atoms with Gasteiger partial charge in [-0.3, -0.25) is 4.79 Å². The molecule has 16 heavy (non-hydrogen) atoms. The molecule has 0 heterocycles. The van der Waals surface area contributed by atoms with Crippen LogP contribution in [0.15, 0.2) is 22.7 Å². The molecule has 0 saturated carbocycles. The number of benzene rings is 1. The third kappa shape index (κ3) is 4.20. The Bertz CT molecular complexity index is 399. The quantitative estimate of drug-likeness (QED) is 0.746. The van der Waals surface area contributed by atoms with Gasteiger partial charge in [-0.2, -0.15) is 0 Å². The van der Waals surface area contributed by atoms with Gasteiger partial charge in [0, 0.05) is 16.4 Å². The summed E-state index contributed by atoms with van der Waals surface area (Å²) in [5.74, 6) is -0.188. The molecule has 1 aromatic rings. The van der Waals surface area contributed by atoms with Crippen LogP contribution in [0.2, 0.25) is 0 Å². The first-order valence-electron chi connectivity index (χ1n) is 4.85. The molecule has 1 aromatic carbocycles. The van der Waals surface area contributed by atoms with Gasteiger partial charge in [0.1, 0.15) is 5.75 Å². The van der Waals surface area contributed by atoms with Crippen LogP contribution in [0, 0.1) is 0 Å². The number of carbonyl (C=O) groups is 1. The van der Waals surface area contributed by atoms with Crippen LogP contribution in [0.3, 0.4) is 0 Å². The molecular formula is C11H15BrN2O2. The highest BCUT2D eigenvalue weighted by Gasteiger charge is 2.17. The second-order valence-corrected chi connectivity index (χ2v) is 5.29. The van der Waals surface area contributed by atoms with E-state index in [-0.39, 0.29) is 18.1 Å². The van der Waals surface area contributed by atoms with E-state index in [0.717, 1.165) is 4.47 Å². The molecule has 0 atom stereocenters. The van der Waals surface area contributed by atoms with Crippen molar-refractivity contribution in [1.82, 2.24) is 0 Å². The van der Waals surface area contributed by atoms with Gasteiger partial charge in [-0.15, -0.1) is 0 Å². The lowest BCUT2D eigenvalue weighted by Gasteiger charge is -2.17. The zero-order chi connectivity index (χ0) is 12.3. The summed E-state index contributed by atoms with van der Waals surface area (Å²) in [5.41, 5.74) is 5.54. The molecule has 1 rings (SSSR count).